The van der Waals surface area contributed by atoms with Gasteiger partial charge in [-0.25, -0.2) is 12.8 Å². The summed E-state index contributed by atoms with van der Waals surface area (Å²) in [6.07, 6.45) is 1.19. The average molecular weight is 274 g/mol. The molecular weight excluding hydrogens is 255 g/mol. The lowest BCUT2D eigenvalue weighted by atomic mass is 10.1. The van der Waals surface area contributed by atoms with Crippen LogP contribution in [0.5, 0.6) is 0 Å². The van der Waals surface area contributed by atoms with Crippen molar-refractivity contribution in [3.05, 3.63) is 35.1 Å². The van der Waals surface area contributed by atoms with Gasteiger partial charge in [0.2, 0.25) is 0 Å². The van der Waals surface area contributed by atoms with Crippen molar-refractivity contribution in [3.8, 4) is 0 Å². The quantitative estimate of drug-likeness (QED) is 0.832. The molecular formula is C12H19FN2O2S. The number of hydrogen-bond donors (Lipinski definition) is 1. The standard InChI is InChI=1S/C12H19FN2O2S/c1-15(6-7-18(2,16)17)9-11-5-3-4-10(8-14)12(11)13/h3-5H,6-9,14H2,1-2H3. The topological polar surface area (TPSA) is 63.4 Å². The second-order valence-electron chi connectivity index (χ2n) is 4.46. The lowest BCUT2D eigenvalue weighted by Gasteiger charge is -2.17. The highest BCUT2D eigenvalue weighted by Crippen LogP contribution is 2.14. The highest BCUT2D eigenvalue weighted by atomic mass is 32.2. The van der Waals surface area contributed by atoms with E-state index in [-0.39, 0.29) is 18.1 Å². The Hall–Kier alpha value is -0.980. The van der Waals surface area contributed by atoms with E-state index in [1.807, 2.05) is 0 Å². The molecule has 1 aromatic carbocycles. The van der Waals surface area contributed by atoms with Gasteiger partial charge in [-0.2, -0.15) is 0 Å². The minimum absolute atomic E-state index is 0.0711. The van der Waals surface area contributed by atoms with Gasteiger partial charge in [-0.3, -0.25) is 0 Å². The van der Waals surface area contributed by atoms with Gasteiger partial charge in [0.1, 0.15) is 15.7 Å². The molecule has 0 fully saturated rings. The van der Waals surface area contributed by atoms with Crippen molar-refractivity contribution in [3.63, 3.8) is 0 Å². The van der Waals surface area contributed by atoms with Crippen LogP contribution in [-0.4, -0.2) is 38.9 Å². The molecule has 1 aromatic rings. The van der Waals surface area contributed by atoms with Crippen LogP contribution in [0.15, 0.2) is 18.2 Å². The molecule has 4 nitrogen and oxygen atoms in total. The minimum atomic E-state index is -2.99. The Labute approximate surface area is 108 Å². The van der Waals surface area contributed by atoms with E-state index in [0.717, 1.165) is 0 Å². The number of nitrogens with two attached hydrogens (primary N) is 1. The molecule has 0 aliphatic heterocycles. The molecule has 0 spiro atoms. The summed E-state index contributed by atoms with van der Waals surface area (Å²) in [5, 5.41) is 0. The molecule has 18 heavy (non-hydrogen) atoms. The highest BCUT2D eigenvalue weighted by Gasteiger charge is 2.10. The summed E-state index contributed by atoms with van der Waals surface area (Å²) < 4.78 is 36.0. The first kappa shape index (κ1) is 15.1. The Kier molecular flexibility index (Phi) is 5.25. The molecule has 0 aliphatic carbocycles. The van der Waals surface area contributed by atoms with Crippen LogP contribution in [0, 0.1) is 5.82 Å². The molecule has 0 atom stereocenters. The average Bonchev–Trinajstić information content (AvgIpc) is 2.28. The molecule has 0 unspecified atom stereocenters. The number of nitrogens with zero attached hydrogens (tertiary/aromatic N) is 1. The second kappa shape index (κ2) is 6.26. The lowest BCUT2D eigenvalue weighted by molar-refractivity contribution is 0.339. The van der Waals surface area contributed by atoms with Crippen LogP contribution in [0.3, 0.4) is 0 Å². The normalized spacial score (nSPS) is 12.1. The molecule has 0 aliphatic rings. The third kappa shape index (κ3) is 4.72. The molecule has 1 rings (SSSR count). The zero-order valence-electron chi connectivity index (χ0n) is 10.7. The fourth-order valence-corrected chi connectivity index (χ4v) is 2.25. The van der Waals surface area contributed by atoms with E-state index in [4.69, 9.17) is 5.73 Å². The predicted molar refractivity (Wildman–Crippen MR) is 70.3 cm³/mol. The molecule has 2 N–H and O–H groups in total. The van der Waals surface area contributed by atoms with Crippen molar-refractivity contribution in [2.24, 2.45) is 5.73 Å². The molecule has 0 saturated heterocycles. The van der Waals surface area contributed by atoms with E-state index in [2.05, 4.69) is 0 Å². The third-order valence-corrected chi connectivity index (χ3v) is 3.59. The summed E-state index contributed by atoms with van der Waals surface area (Å²) in [5.74, 6) is -0.229. The smallest absolute Gasteiger partial charge is 0.148 e. The maximum atomic E-state index is 13.9. The van der Waals surface area contributed by atoms with Crippen molar-refractivity contribution < 1.29 is 12.8 Å². The zero-order valence-corrected chi connectivity index (χ0v) is 11.5. The van der Waals surface area contributed by atoms with Crippen molar-refractivity contribution in [2.45, 2.75) is 13.1 Å². The third-order valence-electron chi connectivity index (χ3n) is 2.66. The number of benzene rings is 1. The first-order chi connectivity index (χ1) is 8.33. The van der Waals surface area contributed by atoms with E-state index in [1.165, 1.54) is 6.26 Å². The van der Waals surface area contributed by atoms with Crippen molar-refractivity contribution in [1.82, 2.24) is 4.90 Å². The van der Waals surface area contributed by atoms with Gasteiger partial charge in [-0.15, -0.1) is 0 Å². The fourth-order valence-electron chi connectivity index (χ4n) is 1.60. The maximum absolute atomic E-state index is 13.9. The Balaban J connectivity index is 2.67. The van der Waals surface area contributed by atoms with Gasteiger partial charge in [0.05, 0.1) is 5.75 Å². The second-order valence-corrected chi connectivity index (χ2v) is 6.72. The molecule has 0 bridgehead atoms. The van der Waals surface area contributed by atoms with Crippen molar-refractivity contribution in [2.75, 3.05) is 25.6 Å². The van der Waals surface area contributed by atoms with Crippen LogP contribution in [0.4, 0.5) is 4.39 Å². The fraction of sp³-hybridized carbons (Fsp3) is 0.500. The first-order valence-corrected chi connectivity index (χ1v) is 7.72. The summed E-state index contributed by atoms with van der Waals surface area (Å²) in [5.41, 5.74) is 6.45. The Morgan fingerprint density at radius 2 is 1.94 bits per heavy atom. The van der Waals surface area contributed by atoms with Crippen LogP contribution in [0.25, 0.3) is 0 Å². The Morgan fingerprint density at radius 1 is 1.33 bits per heavy atom. The van der Waals surface area contributed by atoms with Gasteiger partial charge in [0, 0.05) is 37.0 Å². The van der Waals surface area contributed by atoms with Gasteiger partial charge >= 0.3 is 0 Å². The number of halogens is 1. The van der Waals surface area contributed by atoms with Gasteiger partial charge in [-0.05, 0) is 7.05 Å². The Bertz CT molecular complexity index is 503. The van der Waals surface area contributed by atoms with E-state index in [9.17, 15) is 12.8 Å². The summed E-state index contributed by atoms with van der Waals surface area (Å²) in [7, 11) is -1.23. The van der Waals surface area contributed by atoms with Gasteiger partial charge in [-0.1, -0.05) is 18.2 Å². The zero-order chi connectivity index (χ0) is 13.8. The van der Waals surface area contributed by atoms with Gasteiger partial charge in [0.25, 0.3) is 0 Å². The maximum Gasteiger partial charge on any atom is 0.148 e. The van der Waals surface area contributed by atoms with Crippen LogP contribution < -0.4 is 5.73 Å². The number of hydrogen-bond acceptors (Lipinski definition) is 4. The molecule has 0 heterocycles. The molecule has 0 amide bonds. The molecule has 0 radical (unpaired) electrons. The van der Waals surface area contributed by atoms with E-state index in [1.54, 1.807) is 30.1 Å². The van der Waals surface area contributed by atoms with E-state index >= 15 is 0 Å². The van der Waals surface area contributed by atoms with Crippen LogP contribution in [0.2, 0.25) is 0 Å². The number of sulfone groups is 1. The van der Waals surface area contributed by atoms with E-state index in [0.29, 0.717) is 24.2 Å². The van der Waals surface area contributed by atoms with Gasteiger partial charge < -0.3 is 10.6 Å². The first-order valence-electron chi connectivity index (χ1n) is 5.66. The molecule has 6 heteroatoms. The largest absolute Gasteiger partial charge is 0.326 e. The molecule has 102 valence electrons. The van der Waals surface area contributed by atoms with Gasteiger partial charge in [0.15, 0.2) is 0 Å². The highest BCUT2D eigenvalue weighted by molar-refractivity contribution is 7.90. The lowest BCUT2D eigenvalue weighted by Crippen LogP contribution is -2.25. The minimum Gasteiger partial charge on any atom is -0.326 e. The SMILES string of the molecule is CN(CCS(C)(=O)=O)Cc1cccc(CN)c1F. The van der Waals surface area contributed by atoms with Crippen molar-refractivity contribution in [1.29, 1.82) is 0 Å². The van der Waals surface area contributed by atoms with Crippen LogP contribution in [-0.2, 0) is 22.9 Å². The predicted octanol–water partition coefficient (Wildman–Crippen LogP) is 0.761. The summed E-state index contributed by atoms with van der Waals surface area (Å²) in [4.78, 5) is 1.78. The molecule has 0 aromatic heterocycles. The summed E-state index contributed by atoms with van der Waals surface area (Å²) >= 11 is 0. The van der Waals surface area contributed by atoms with E-state index < -0.39 is 9.84 Å². The van der Waals surface area contributed by atoms with Crippen LogP contribution in [0.1, 0.15) is 11.1 Å². The monoisotopic (exact) mass is 274 g/mol. The molecule has 0 saturated carbocycles. The van der Waals surface area contributed by atoms with Crippen molar-refractivity contribution >= 4 is 9.84 Å². The number of rotatable bonds is 6. The van der Waals surface area contributed by atoms with Crippen LogP contribution >= 0.6 is 0 Å². The summed E-state index contributed by atoms with van der Waals surface area (Å²) in [6, 6.07) is 5.09. The summed E-state index contributed by atoms with van der Waals surface area (Å²) in [6.45, 7) is 0.910. The Morgan fingerprint density at radius 3 is 2.50 bits per heavy atom.